The van der Waals surface area contributed by atoms with E-state index in [1.165, 1.54) is 12.1 Å². The third kappa shape index (κ3) is 3.71. The first-order valence-electron chi connectivity index (χ1n) is 8.93. The van der Waals surface area contributed by atoms with Crippen LogP contribution in [-0.2, 0) is 6.54 Å². The van der Waals surface area contributed by atoms with Gasteiger partial charge in [-0.1, -0.05) is 48.0 Å². The average Bonchev–Trinajstić information content (AvgIpc) is 3.05. The number of carbonyl (C=O) groups excluding carboxylic acids is 1. The molecule has 0 spiro atoms. The number of aryl methyl sites for hydroxylation is 1. The standard InChI is InChI=1S/C22H19FN4O/c1-15-8-10-17(11-9-15)20-21(27-12-3-2-7-19(27)25-20)26-22(28)24-14-16-5-4-6-18(23)13-16/h2-13H,14H2,1H3,(H2,24,26,28). The first kappa shape index (κ1) is 17.7. The maximum absolute atomic E-state index is 13.3. The number of fused-ring (bicyclic) bond motifs is 1. The monoisotopic (exact) mass is 374 g/mol. The first-order valence-corrected chi connectivity index (χ1v) is 8.93. The summed E-state index contributed by atoms with van der Waals surface area (Å²) in [5.74, 6) is 0.249. The van der Waals surface area contributed by atoms with Gasteiger partial charge in [0, 0.05) is 18.3 Å². The SMILES string of the molecule is Cc1ccc(-c2nc3ccccn3c2NC(=O)NCc2cccc(F)c2)cc1. The van der Waals surface area contributed by atoms with Crippen LogP contribution in [0.5, 0.6) is 0 Å². The van der Waals surface area contributed by atoms with Gasteiger partial charge in [0.2, 0.25) is 0 Å². The molecule has 6 heteroatoms. The minimum atomic E-state index is -0.386. The molecule has 0 bridgehead atoms. The van der Waals surface area contributed by atoms with Crippen molar-refractivity contribution >= 4 is 17.5 Å². The van der Waals surface area contributed by atoms with Crippen molar-refractivity contribution in [3.05, 3.63) is 89.9 Å². The number of rotatable bonds is 4. The van der Waals surface area contributed by atoms with E-state index in [1.807, 2.05) is 60.0 Å². The van der Waals surface area contributed by atoms with Crippen LogP contribution in [0, 0.1) is 12.7 Å². The summed E-state index contributed by atoms with van der Waals surface area (Å²) in [6.07, 6.45) is 1.85. The van der Waals surface area contributed by atoms with E-state index in [2.05, 4.69) is 15.6 Å². The summed E-state index contributed by atoms with van der Waals surface area (Å²) in [4.78, 5) is 17.2. The Balaban J connectivity index is 1.61. The minimum absolute atomic E-state index is 0.222. The summed E-state index contributed by atoms with van der Waals surface area (Å²) in [5.41, 5.74) is 4.17. The van der Waals surface area contributed by atoms with Crippen molar-refractivity contribution in [3.8, 4) is 11.3 Å². The number of nitrogens with one attached hydrogen (secondary N) is 2. The Hall–Kier alpha value is -3.67. The largest absolute Gasteiger partial charge is 0.334 e. The third-order valence-corrected chi connectivity index (χ3v) is 4.43. The molecule has 0 aliphatic rings. The normalized spacial score (nSPS) is 10.8. The molecule has 0 unspecified atom stereocenters. The summed E-state index contributed by atoms with van der Waals surface area (Å²) in [7, 11) is 0. The average molecular weight is 374 g/mol. The van der Waals surface area contributed by atoms with Crippen LogP contribution in [0.25, 0.3) is 16.9 Å². The summed E-state index contributed by atoms with van der Waals surface area (Å²) in [5, 5.41) is 5.65. The lowest BCUT2D eigenvalue weighted by Crippen LogP contribution is -2.29. The molecule has 2 heterocycles. The predicted octanol–water partition coefficient (Wildman–Crippen LogP) is 4.77. The van der Waals surface area contributed by atoms with Gasteiger partial charge >= 0.3 is 6.03 Å². The molecule has 4 rings (SSSR count). The number of benzene rings is 2. The van der Waals surface area contributed by atoms with Crippen molar-refractivity contribution in [3.63, 3.8) is 0 Å². The van der Waals surface area contributed by atoms with Crippen LogP contribution in [0.1, 0.15) is 11.1 Å². The molecule has 4 aromatic rings. The van der Waals surface area contributed by atoms with E-state index >= 15 is 0 Å². The molecule has 0 fully saturated rings. The fourth-order valence-corrected chi connectivity index (χ4v) is 3.01. The topological polar surface area (TPSA) is 58.4 Å². The maximum Gasteiger partial charge on any atom is 0.320 e. The fraction of sp³-hybridized carbons (Fsp3) is 0.0909. The number of amides is 2. The van der Waals surface area contributed by atoms with Crippen molar-refractivity contribution in [1.29, 1.82) is 0 Å². The molecule has 0 aliphatic heterocycles. The van der Waals surface area contributed by atoms with Gasteiger partial charge in [-0.2, -0.15) is 0 Å². The molecule has 0 atom stereocenters. The molecule has 0 saturated carbocycles. The Morgan fingerprint density at radius 1 is 1.07 bits per heavy atom. The summed E-state index contributed by atoms with van der Waals surface area (Å²) in [6, 6.07) is 19.4. The van der Waals surface area contributed by atoms with Gasteiger partial charge in [0.05, 0.1) is 0 Å². The molecule has 2 aromatic carbocycles. The van der Waals surface area contributed by atoms with Crippen LogP contribution in [0.3, 0.4) is 0 Å². The number of nitrogens with zero attached hydrogens (tertiary/aromatic N) is 2. The van der Waals surface area contributed by atoms with E-state index in [1.54, 1.807) is 12.1 Å². The lowest BCUT2D eigenvalue weighted by molar-refractivity contribution is 0.251. The van der Waals surface area contributed by atoms with Crippen molar-refractivity contribution in [2.24, 2.45) is 0 Å². The van der Waals surface area contributed by atoms with Crippen LogP contribution < -0.4 is 10.6 Å². The van der Waals surface area contributed by atoms with E-state index in [0.717, 1.165) is 16.8 Å². The summed E-state index contributed by atoms with van der Waals surface area (Å²) >= 11 is 0. The Labute approximate surface area is 161 Å². The van der Waals surface area contributed by atoms with E-state index < -0.39 is 0 Å². The summed E-state index contributed by atoms with van der Waals surface area (Å²) < 4.78 is 15.1. The number of halogens is 1. The molecule has 5 nitrogen and oxygen atoms in total. The highest BCUT2D eigenvalue weighted by Crippen LogP contribution is 2.28. The number of hydrogen-bond donors (Lipinski definition) is 2. The second-order valence-electron chi connectivity index (χ2n) is 6.54. The number of urea groups is 1. The zero-order chi connectivity index (χ0) is 19.5. The number of anilines is 1. The molecule has 0 aliphatic carbocycles. The zero-order valence-corrected chi connectivity index (χ0v) is 15.3. The van der Waals surface area contributed by atoms with Crippen molar-refractivity contribution < 1.29 is 9.18 Å². The Morgan fingerprint density at radius 2 is 1.89 bits per heavy atom. The van der Waals surface area contributed by atoms with E-state index in [0.29, 0.717) is 17.1 Å². The lowest BCUT2D eigenvalue weighted by Gasteiger charge is -2.10. The molecule has 0 saturated heterocycles. The van der Waals surface area contributed by atoms with Gasteiger partial charge in [-0.15, -0.1) is 0 Å². The third-order valence-electron chi connectivity index (χ3n) is 4.43. The van der Waals surface area contributed by atoms with E-state index in [4.69, 9.17) is 0 Å². The van der Waals surface area contributed by atoms with E-state index in [-0.39, 0.29) is 18.4 Å². The van der Waals surface area contributed by atoms with Crippen LogP contribution in [-0.4, -0.2) is 15.4 Å². The fourth-order valence-electron chi connectivity index (χ4n) is 3.01. The molecule has 28 heavy (non-hydrogen) atoms. The maximum atomic E-state index is 13.3. The minimum Gasteiger partial charge on any atom is -0.334 e. The summed E-state index contributed by atoms with van der Waals surface area (Å²) in [6.45, 7) is 2.24. The first-order chi connectivity index (χ1) is 13.6. The quantitative estimate of drug-likeness (QED) is 0.541. The predicted molar refractivity (Wildman–Crippen MR) is 108 cm³/mol. The van der Waals surface area contributed by atoms with Crippen molar-refractivity contribution in [2.45, 2.75) is 13.5 Å². The van der Waals surface area contributed by atoms with Gasteiger partial charge in [-0.3, -0.25) is 9.72 Å². The second-order valence-corrected chi connectivity index (χ2v) is 6.54. The molecular formula is C22H19FN4O. The number of imidazole rings is 1. The Bertz CT molecular complexity index is 1130. The highest BCUT2D eigenvalue weighted by molar-refractivity contribution is 5.93. The van der Waals surface area contributed by atoms with Crippen molar-refractivity contribution in [1.82, 2.24) is 14.7 Å². The smallest absolute Gasteiger partial charge is 0.320 e. The molecule has 2 N–H and O–H groups in total. The molecule has 140 valence electrons. The lowest BCUT2D eigenvalue weighted by atomic mass is 10.1. The molecule has 0 radical (unpaired) electrons. The van der Waals surface area contributed by atoms with Crippen molar-refractivity contribution in [2.75, 3.05) is 5.32 Å². The second kappa shape index (κ2) is 7.52. The highest BCUT2D eigenvalue weighted by atomic mass is 19.1. The van der Waals surface area contributed by atoms with Crippen LogP contribution in [0.4, 0.5) is 15.0 Å². The Kier molecular flexibility index (Phi) is 4.76. The molecule has 2 aromatic heterocycles. The molecular weight excluding hydrogens is 355 g/mol. The van der Waals surface area contributed by atoms with Gasteiger partial charge in [-0.05, 0) is 36.8 Å². The number of aromatic nitrogens is 2. The Morgan fingerprint density at radius 3 is 2.68 bits per heavy atom. The molecule has 2 amide bonds. The van der Waals surface area contributed by atoms with Gasteiger partial charge in [0.25, 0.3) is 0 Å². The van der Waals surface area contributed by atoms with Gasteiger partial charge < -0.3 is 5.32 Å². The number of pyridine rings is 1. The number of hydrogen-bond acceptors (Lipinski definition) is 2. The van der Waals surface area contributed by atoms with Crippen LogP contribution >= 0.6 is 0 Å². The van der Waals surface area contributed by atoms with Gasteiger partial charge in [-0.25, -0.2) is 14.2 Å². The zero-order valence-electron chi connectivity index (χ0n) is 15.3. The van der Waals surface area contributed by atoms with Crippen LogP contribution in [0.15, 0.2) is 72.9 Å². The van der Waals surface area contributed by atoms with Gasteiger partial charge in [0.1, 0.15) is 23.0 Å². The van der Waals surface area contributed by atoms with Crippen LogP contribution in [0.2, 0.25) is 0 Å². The van der Waals surface area contributed by atoms with Gasteiger partial charge in [0.15, 0.2) is 0 Å². The highest BCUT2D eigenvalue weighted by Gasteiger charge is 2.16. The number of carbonyl (C=O) groups is 1. The van der Waals surface area contributed by atoms with E-state index in [9.17, 15) is 9.18 Å².